The minimum absolute atomic E-state index is 0.880. The van der Waals surface area contributed by atoms with Gasteiger partial charge in [0.15, 0.2) is 0 Å². The number of aliphatic carboxylic acids is 1. The smallest absolute Gasteiger partial charge is 0.475 e. The summed E-state index contributed by atoms with van der Waals surface area (Å²) in [6.07, 6.45) is -2.75. The largest absolute Gasteiger partial charge is 0.490 e. The quantitative estimate of drug-likeness (QED) is 0.444. The van der Waals surface area contributed by atoms with Gasteiger partial charge in [0.2, 0.25) is 0 Å². The molecule has 1 N–H and O–H groups in total. The fourth-order valence-electron chi connectivity index (χ4n) is 1.59. The van der Waals surface area contributed by atoms with E-state index in [0.29, 0.717) is 0 Å². The molecular weight excluding hydrogens is 448 g/mol. The number of rotatable bonds is 6. The third-order valence-corrected chi connectivity index (χ3v) is 7.55. The van der Waals surface area contributed by atoms with E-state index in [-0.39, 0.29) is 0 Å². The molecule has 0 aliphatic carbocycles. The van der Waals surface area contributed by atoms with E-state index in [2.05, 4.69) is 67.6 Å². The first kappa shape index (κ1) is 21.4. The van der Waals surface area contributed by atoms with E-state index in [1.807, 2.05) is 0 Å². The number of hydrogen-bond acceptors (Lipinski definition) is 2. The van der Waals surface area contributed by atoms with Crippen molar-refractivity contribution in [3.05, 3.63) is 67.8 Å². The van der Waals surface area contributed by atoms with Gasteiger partial charge in [-0.2, -0.15) is 13.2 Å². The van der Waals surface area contributed by atoms with Gasteiger partial charge in [0.05, 0.1) is 0 Å². The Labute approximate surface area is 152 Å². The first-order valence-corrected chi connectivity index (χ1v) is 10.6. The summed E-state index contributed by atoms with van der Waals surface area (Å²) in [7, 11) is 0. The summed E-state index contributed by atoms with van der Waals surface area (Å²) in [5, 5.41) is 7.12. The van der Waals surface area contributed by atoms with Gasteiger partial charge in [0.1, 0.15) is 0 Å². The van der Waals surface area contributed by atoms with E-state index < -0.39 is 32.4 Å². The van der Waals surface area contributed by atoms with E-state index in [9.17, 15) is 13.2 Å². The van der Waals surface area contributed by atoms with Crippen molar-refractivity contribution in [2.45, 2.75) is 25.9 Å². The Balaban J connectivity index is 0.000000381. The van der Waals surface area contributed by atoms with Gasteiger partial charge in [0, 0.05) is 0 Å². The topological polar surface area (TPSA) is 46.5 Å². The molecule has 2 aromatic carbocycles. The first-order valence-electron chi connectivity index (χ1n) is 7.59. The SMILES string of the molecule is CCCCOI(c1ccccc1)c1ccccc1.O=C(O)C(F)(F)F. The third-order valence-electron chi connectivity index (χ3n) is 2.79. The molecule has 0 saturated heterocycles. The number of carboxylic acids is 1. The van der Waals surface area contributed by atoms with Gasteiger partial charge in [0.25, 0.3) is 0 Å². The standard InChI is InChI=1S/C16H19IO.C2HF3O2/c1-2-3-14-18-17(15-10-6-4-7-11-15)16-12-8-5-9-13-16;3-2(4,5)1(6)7/h4-13H,2-3,14H2,1H3;(H,6,7). The zero-order valence-electron chi connectivity index (χ0n) is 13.7. The van der Waals surface area contributed by atoms with Crippen LogP contribution in [0.4, 0.5) is 13.2 Å². The van der Waals surface area contributed by atoms with Gasteiger partial charge < -0.3 is 5.11 Å². The Morgan fingerprint density at radius 3 is 1.72 bits per heavy atom. The van der Waals surface area contributed by atoms with Crippen LogP contribution in [0.2, 0.25) is 0 Å². The van der Waals surface area contributed by atoms with Crippen molar-refractivity contribution in [1.29, 1.82) is 0 Å². The van der Waals surface area contributed by atoms with Crippen LogP contribution in [0.5, 0.6) is 0 Å². The number of unbranched alkanes of at least 4 members (excludes halogenated alkanes) is 1. The number of carboxylic acid groups (broad SMARTS) is 1. The molecule has 0 atom stereocenters. The second-order valence-electron chi connectivity index (χ2n) is 4.81. The van der Waals surface area contributed by atoms with Crippen LogP contribution in [0.3, 0.4) is 0 Å². The van der Waals surface area contributed by atoms with Crippen LogP contribution in [0, 0.1) is 7.14 Å². The van der Waals surface area contributed by atoms with Crippen molar-refractivity contribution in [2.75, 3.05) is 6.61 Å². The first-order chi connectivity index (χ1) is 11.9. The number of halogens is 4. The normalized spacial score (nSPS) is 11.3. The molecule has 0 aliphatic rings. The molecule has 0 unspecified atom stereocenters. The predicted octanol–water partition coefficient (Wildman–Crippen LogP) is 5.60. The van der Waals surface area contributed by atoms with E-state index in [0.717, 1.165) is 13.0 Å². The molecule has 0 bridgehead atoms. The van der Waals surface area contributed by atoms with Crippen molar-refractivity contribution < 1.29 is 26.1 Å². The number of benzene rings is 2. The third kappa shape index (κ3) is 8.35. The fraction of sp³-hybridized carbons (Fsp3) is 0.278. The van der Waals surface area contributed by atoms with Gasteiger partial charge in [-0.3, -0.25) is 0 Å². The Hall–Kier alpha value is -1.61. The van der Waals surface area contributed by atoms with Crippen molar-refractivity contribution in [3.8, 4) is 0 Å². The molecule has 2 aromatic rings. The molecule has 25 heavy (non-hydrogen) atoms. The number of hydrogen-bond donors (Lipinski definition) is 1. The van der Waals surface area contributed by atoms with Gasteiger partial charge in [-0.1, -0.05) is 0 Å². The molecule has 0 heterocycles. The molecule has 0 amide bonds. The predicted molar refractivity (Wildman–Crippen MR) is 98.8 cm³/mol. The molecule has 3 nitrogen and oxygen atoms in total. The summed E-state index contributed by atoms with van der Waals surface area (Å²) in [5.41, 5.74) is 0. The van der Waals surface area contributed by atoms with Crippen LogP contribution in [-0.2, 0) is 7.86 Å². The maximum atomic E-state index is 10.6. The average molecular weight is 468 g/mol. The molecule has 2 rings (SSSR count). The summed E-state index contributed by atoms with van der Waals surface area (Å²) in [4.78, 5) is 8.90. The molecular formula is C18H20F3IO3. The van der Waals surface area contributed by atoms with Gasteiger partial charge >= 0.3 is 130 Å². The van der Waals surface area contributed by atoms with E-state index in [1.165, 1.54) is 13.6 Å². The van der Waals surface area contributed by atoms with Crippen LogP contribution < -0.4 is 0 Å². The van der Waals surface area contributed by atoms with Crippen molar-refractivity contribution >= 4 is 26.2 Å². The Morgan fingerprint density at radius 2 is 1.40 bits per heavy atom. The summed E-state index contributed by atoms with van der Waals surface area (Å²) in [5.74, 6) is -2.76. The molecule has 138 valence electrons. The van der Waals surface area contributed by atoms with Crippen LogP contribution in [0.1, 0.15) is 19.8 Å². The Bertz CT molecular complexity index is 579. The van der Waals surface area contributed by atoms with Gasteiger partial charge in [-0.25, -0.2) is 4.79 Å². The minimum Gasteiger partial charge on any atom is -0.475 e. The number of alkyl halides is 3. The van der Waals surface area contributed by atoms with Crippen molar-refractivity contribution in [3.63, 3.8) is 0 Å². The average Bonchev–Trinajstić information content (AvgIpc) is 2.60. The van der Waals surface area contributed by atoms with E-state index in [1.54, 1.807) is 0 Å². The second kappa shape index (κ2) is 11.1. The van der Waals surface area contributed by atoms with Gasteiger partial charge in [-0.15, -0.1) is 0 Å². The zero-order valence-corrected chi connectivity index (χ0v) is 15.8. The van der Waals surface area contributed by atoms with Crippen LogP contribution in [0.25, 0.3) is 0 Å². The second-order valence-corrected chi connectivity index (χ2v) is 9.34. The van der Waals surface area contributed by atoms with Crippen molar-refractivity contribution in [2.24, 2.45) is 0 Å². The van der Waals surface area contributed by atoms with Crippen LogP contribution in [0.15, 0.2) is 60.7 Å². The van der Waals surface area contributed by atoms with E-state index >= 15 is 0 Å². The van der Waals surface area contributed by atoms with Crippen molar-refractivity contribution in [1.82, 2.24) is 0 Å². The summed E-state index contributed by atoms with van der Waals surface area (Å²) in [6.45, 7) is 3.08. The maximum absolute atomic E-state index is 10.6. The molecule has 0 spiro atoms. The fourth-order valence-corrected chi connectivity index (χ4v) is 5.91. The Morgan fingerprint density at radius 1 is 1.00 bits per heavy atom. The van der Waals surface area contributed by atoms with Crippen LogP contribution >= 0.6 is 20.2 Å². The zero-order chi connectivity index (χ0) is 18.7. The maximum Gasteiger partial charge on any atom is 0.490 e. The monoisotopic (exact) mass is 468 g/mol. The number of carbonyl (C=O) groups is 1. The van der Waals surface area contributed by atoms with Crippen LogP contribution in [-0.4, -0.2) is 23.9 Å². The van der Waals surface area contributed by atoms with Gasteiger partial charge in [-0.05, 0) is 0 Å². The van der Waals surface area contributed by atoms with E-state index in [4.69, 9.17) is 13.0 Å². The summed E-state index contributed by atoms with van der Waals surface area (Å²) < 4.78 is 40.7. The molecule has 0 fully saturated rings. The molecule has 0 aromatic heterocycles. The summed E-state index contributed by atoms with van der Waals surface area (Å²) in [6, 6.07) is 21.3. The summed E-state index contributed by atoms with van der Waals surface area (Å²) >= 11 is -1.68. The molecule has 7 heteroatoms. The molecule has 0 saturated carbocycles. The minimum atomic E-state index is -5.08. The molecule has 0 aliphatic heterocycles. The Kier molecular flexibility index (Phi) is 9.51. The molecule has 0 radical (unpaired) electrons.